The van der Waals surface area contributed by atoms with Crippen LogP contribution >= 0.6 is 0 Å². The number of fused-ring (bicyclic) bond motifs is 1. The van der Waals surface area contributed by atoms with Crippen LogP contribution in [0.5, 0.6) is 0 Å². The number of benzene rings is 1. The minimum Gasteiger partial charge on any atom is -0.278 e. The van der Waals surface area contributed by atoms with E-state index in [0.717, 1.165) is 10.9 Å². The molecule has 0 aliphatic heterocycles. The minimum absolute atomic E-state index is 1.09. The Hall–Kier alpha value is -1.39. The largest absolute Gasteiger partial charge is 0.278 e. The molecular formula is C7H10N4. The van der Waals surface area contributed by atoms with Crippen molar-refractivity contribution < 1.29 is 0 Å². The summed E-state index contributed by atoms with van der Waals surface area (Å²) in [6, 6.07) is 8.01. The highest BCUT2D eigenvalue weighted by Gasteiger charge is 1.88. The summed E-state index contributed by atoms with van der Waals surface area (Å²) in [6.45, 7) is 0. The molecule has 0 unspecified atom stereocenters. The summed E-state index contributed by atoms with van der Waals surface area (Å²) < 4.78 is 0. The Kier molecular flexibility index (Phi) is 2.59. The van der Waals surface area contributed by atoms with Crippen molar-refractivity contribution in [1.29, 1.82) is 0 Å². The summed E-state index contributed by atoms with van der Waals surface area (Å²) in [6.07, 6.45) is 1.81. The molecule has 0 saturated heterocycles. The van der Waals surface area contributed by atoms with Crippen LogP contribution in [0, 0.1) is 0 Å². The van der Waals surface area contributed by atoms with Gasteiger partial charge in [-0.05, 0) is 6.07 Å². The average Bonchev–Trinajstić information content (AvgIpc) is 2.55. The van der Waals surface area contributed by atoms with E-state index < -0.39 is 0 Å². The number of nitrogens with one attached hydrogen (secondary N) is 1. The molecule has 1 heterocycles. The third kappa shape index (κ3) is 1.54. The lowest BCUT2D eigenvalue weighted by Crippen LogP contribution is -2.02. The molecule has 2 rings (SSSR count). The van der Waals surface area contributed by atoms with Crippen molar-refractivity contribution >= 4 is 10.9 Å². The lowest BCUT2D eigenvalue weighted by Gasteiger charge is -1.81. The van der Waals surface area contributed by atoms with Crippen molar-refractivity contribution in [2.45, 2.75) is 0 Å². The number of hydrogen-bond acceptors (Lipinski definition) is 3. The van der Waals surface area contributed by atoms with E-state index in [2.05, 4.69) is 21.9 Å². The predicted molar refractivity (Wildman–Crippen MR) is 44.5 cm³/mol. The van der Waals surface area contributed by atoms with Crippen LogP contribution in [-0.4, -0.2) is 10.2 Å². The van der Waals surface area contributed by atoms with Crippen molar-refractivity contribution in [3.63, 3.8) is 0 Å². The van der Waals surface area contributed by atoms with Crippen LogP contribution in [0.4, 0.5) is 0 Å². The smallest absolute Gasteiger partial charge is 0.0650 e. The Balaban J connectivity index is 0.000000281. The molecule has 11 heavy (non-hydrogen) atoms. The highest BCUT2D eigenvalue weighted by molar-refractivity contribution is 5.77. The number of nitrogens with zero attached hydrogens (tertiary/aromatic N) is 1. The van der Waals surface area contributed by atoms with Crippen molar-refractivity contribution in [3.8, 4) is 0 Å². The maximum absolute atomic E-state index is 4.00. The number of rotatable bonds is 0. The molecule has 1 aromatic carbocycles. The fraction of sp³-hybridized carbons (Fsp3) is 0. The van der Waals surface area contributed by atoms with Crippen LogP contribution in [0.25, 0.3) is 10.9 Å². The molecule has 0 aliphatic carbocycles. The second kappa shape index (κ2) is 3.70. The van der Waals surface area contributed by atoms with Crippen molar-refractivity contribution in [2.24, 2.45) is 11.7 Å². The van der Waals surface area contributed by atoms with Gasteiger partial charge in [-0.15, -0.1) is 0 Å². The zero-order valence-corrected chi connectivity index (χ0v) is 5.99. The van der Waals surface area contributed by atoms with Crippen LogP contribution in [0.15, 0.2) is 30.5 Å². The Morgan fingerprint density at radius 2 is 1.91 bits per heavy atom. The number of hydrazine groups is 1. The standard InChI is InChI=1S/C7H6N2.H4N2/c1-2-4-7-6(3-1)5-8-9-7;1-2/h1-5H,(H,8,9);1-2H2. The van der Waals surface area contributed by atoms with Gasteiger partial charge in [-0.25, -0.2) is 0 Å². The highest BCUT2D eigenvalue weighted by atomic mass is 15.1. The summed E-state index contributed by atoms with van der Waals surface area (Å²) >= 11 is 0. The summed E-state index contributed by atoms with van der Waals surface area (Å²) in [5, 5.41) is 7.91. The molecule has 0 atom stereocenters. The van der Waals surface area contributed by atoms with E-state index in [-0.39, 0.29) is 0 Å². The zero-order chi connectivity index (χ0) is 8.10. The Bertz CT molecular complexity index is 284. The van der Waals surface area contributed by atoms with E-state index in [1.54, 1.807) is 0 Å². The van der Waals surface area contributed by atoms with E-state index in [0.29, 0.717) is 0 Å². The SMILES string of the molecule is NN.c1ccc2[nH]ncc2c1. The first-order valence-electron chi connectivity index (χ1n) is 3.18. The molecule has 0 spiro atoms. The van der Waals surface area contributed by atoms with Crippen LogP contribution in [-0.2, 0) is 0 Å². The number of H-pyrrole nitrogens is 1. The number of hydrogen-bond donors (Lipinski definition) is 3. The minimum atomic E-state index is 1.09. The van der Waals surface area contributed by atoms with Crippen LogP contribution in [0.3, 0.4) is 0 Å². The molecule has 58 valence electrons. The van der Waals surface area contributed by atoms with Gasteiger partial charge in [-0.3, -0.25) is 16.8 Å². The van der Waals surface area contributed by atoms with Gasteiger partial charge in [0, 0.05) is 5.39 Å². The van der Waals surface area contributed by atoms with E-state index in [4.69, 9.17) is 0 Å². The van der Waals surface area contributed by atoms with E-state index in [9.17, 15) is 0 Å². The Morgan fingerprint density at radius 1 is 1.18 bits per heavy atom. The van der Waals surface area contributed by atoms with Crippen LogP contribution < -0.4 is 11.7 Å². The molecule has 0 bridgehead atoms. The molecule has 4 nitrogen and oxygen atoms in total. The van der Waals surface area contributed by atoms with Crippen molar-refractivity contribution in [1.82, 2.24) is 10.2 Å². The summed E-state index contributed by atoms with van der Waals surface area (Å²) in [5.74, 6) is 8.00. The normalized spacial score (nSPS) is 8.91. The zero-order valence-electron chi connectivity index (χ0n) is 5.99. The molecule has 4 heteroatoms. The lowest BCUT2D eigenvalue weighted by molar-refractivity contribution is 1.12. The van der Waals surface area contributed by atoms with Gasteiger partial charge < -0.3 is 0 Å². The lowest BCUT2D eigenvalue weighted by atomic mass is 10.3. The Labute approximate surface area is 64.2 Å². The van der Waals surface area contributed by atoms with Crippen molar-refractivity contribution in [3.05, 3.63) is 30.5 Å². The van der Waals surface area contributed by atoms with Gasteiger partial charge in [-0.1, -0.05) is 18.2 Å². The first-order chi connectivity index (χ1) is 5.47. The van der Waals surface area contributed by atoms with E-state index >= 15 is 0 Å². The highest BCUT2D eigenvalue weighted by Crippen LogP contribution is 2.06. The maximum Gasteiger partial charge on any atom is 0.0650 e. The first-order valence-corrected chi connectivity index (χ1v) is 3.18. The number of nitrogens with two attached hydrogens (primary N) is 2. The maximum atomic E-state index is 4.00. The first kappa shape index (κ1) is 7.71. The fourth-order valence-corrected chi connectivity index (χ4v) is 0.883. The van der Waals surface area contributed by atoms with Gasteiger partial charge >= 0.3 is 0 Å². The molecule has 2 aromatic rings. The molecule has 0 aliphatic rings. The summed E-state index contributed by atoms with van der Waals surface area (Å²) in [4.78, 5) is 0. The average molecular weight is 150 g/mol. The number of aromatic amines is 1. The topological polar surface area (TPSA) is 80.7 Å². The second-order valence-corrected chi connectivity index (χ2v) is 1.96. The molecule has 0 radical (unpaired) electrons. The number of aromatic nitrogens is 2. The van der Waals surface area contributed by atoms with Gasteiger partial charge in [0.1, 0.15) is 0 Å². The van der Waals surface area contributed by atoms with Crippen molar-refractivity contribution in [2.75, 3.05) is 0 Å². The van der Waals surface area contributed by atoms with Gasteiger partial charge in [0.05, 0.1) is 11.7 Å². The molecular weight excluding hydrogens is 140 g/mol. The summed E-state index contributed by atoms with van der Waals surface area (Å²) in [5.41, 5.74) is 1.09. The fourth-order valence-electron chi connectivity index (χ4n) is 0.883. The van der Waals surface area contributed by atoms with E-state index in [1.807, 2.05) is 30.5 Å². The summed E-state index contributed by atoms with van der Waals surface area (Å²) in [7, 11) is 0. The van der Waals surface area contributed by atoms with Gasteiger partial charge in [0.15, 0.2) is 0 Å². The number of para-hydroxylation sites is 1. The third-order valence-corrected chi connectivity index (χ3v) is 1.35. The second-order valence-electron chi connectivity index (χ2n) is 1.96. The van der Waals surface area contributed by atoms with Crippen LogP contribution in [0.2, 0.25) is 0 Å². The molecule has 0 amide bonds. The quantitative estimate of drug-likeness (QED) is 0.375. The molecule has 0 saturated carbocycles. The monoisotopic (exact) mass is 150 g/mol. The predicted octanol–water partition coefficient (Wildman–Crippen LogP) is 0.382. The van der Waals surface area contributed by atoms with Gasteiger partial charge in [0.2, 0.25) is 0 Å². The molecule has 0 fully saturated rings. The van der Waals surface area contributed by atoms with Gasteiger partial charge in [-0.2, -0.15) is 5.10 Å². The Morgan fingerprint density at radius 3 is 2.64 bits per heavy atom. The molecule has 1 aromatic heterocycles. The molecule has 5 N–H and O–H groups in total. The van der Waals surface area contributed by atoms with Gasteiger partial charge in [0.25, 0.3) is 0 Å². The van der Waals surface area contributed by atoms with E-state index in [1.165, 1.54) is 0 Å². The van der Waals surface area contributed by atoms with Crippen LogP contribution in [0.1, 0.15) is 0 Å². The third-order valence-electron chi connectivity index (χ3n) is 1.35.